The van der Waals surface area contributed by atoms with Gasteiger partial charge in [-0.25, -0.2) is 0 Å². The fourth-order valence-corrected chi connectivity index (χ4v) is 1.60. The number of hydrogen-bond donors (Lipinski definition) is 6. The molecule has 0 aliphatic heterocycles. The van der Waals surface area contributed by atoms with Gasteiger partial charge in [-0.15, -0.1) is 0 Å². The highest BCUT2D eigenvalue weighted by Crippen LogP contribution is 2.01. The standard InChI is InChI=1S/C12H25N3O5/c13-9(11(17)18)3-1-2-6-15-7-8(16)4-5-10(14)12(19)20/h8-10,15-16H,1-7,13-14H2,(H,17,18)(H,19,20)/t8?,9?,10-/m1/s1. The fourth-order valence-electron chi connectivity index (χ4n) is 1.60. The van der Waals surface area contributed by atoms with Crippen LogP contribution >= 0.6 is 0 Å². The van der Waals surface area contributed by atoms with Crippen molar-refractivity contribution in [1.82, 2.24) is 5.32 Å². The molecule has 0 saturated carbocycles. The van der Waals surface area contributed by atoms with E-state index in [1.807, 2.05) is 0 Å². The van der Waals surface area contributed by atoms with Gasteiger partial charge < -0.3 is 32.1 Å². The van der Waals surface area contributed by atoms with Crippen molar-refractivity contribution >= 4 is 11.9 Å². The predicted octanol–water partition coefficient (Wildman–Crippen LogP) is -1.29. The molecule has 8 nitrogen and oxygen atoms in total. The maximum atomic E-state index is 10.5. The third-order valence-corrected chi connectivity index (χ3v) is 2.94. The second-order valence-corrected chi connectivity index (χ2v) is 4.82. The maximum Gasteiger partial charge on any atom is 0.320 e. The van der Waals surface area contributed by atoms with Gasteiger partial charge in [0.25, 0.3) is 0 Å². The number of unbranched alkanes of at least 4 members (excludes halogenated alkanes) is 1. The Morgan fingerprint density at radius 1 is 0.950 bits per heavy atom. The predicted molar refractivity (Wildman–Crippen MR) is 73.2 cm³/mol. The number of carboxylic acid groups (broad SMARTS) is 2. The van der Waals surface area contributed by atoms with Crippen molar-refractivity contribution in [2.24, 2.45) is 11.5 Å². The second-order valence-electron chi connectivity index (χ2n) is 4.82. The molecule has 0 rings (SSSR count). The van der Waals surface area contributed by atoms with Crippen molar-refractivity contribution in [2.75, 3.05) is 13.1 Å². The average Bonchev–Trinajstić information content (AvgIpc) is 2.39. The number of hydrogen-bond acceptors (Lipinski definition) is 6. The van der Waals surface area contributed by atoms with E-state index in [4.69, 9.17) is 21.7 Å². The van der Waals surface area contributed by atoms with Crippen molar-refractivity contribution in [2.45, 2.75) is 50.3 Å². The Labute approximate surface area is 118 Å². The van der Waals surface area contributed by atoms with Gasteiger partial charge in [0, 0.05) is 6.54 Å². The number of aliphatic hydroxyl groups is 1. The zero-order chi connectivity index (χ0) is 15.5. The molecule has 0 bridgehead atoms. The van der Waals surface area contributed by atoms with E-state index in [-0.39, 0.29) is 6.42 Å². The third kappa shape index (κ3) is 9.68. The van der Waals surface area contributed by atoms with Crippen LogP contribution in [0.4, 0.5) is 0 Å². The molecule has 3 atom stereocenters. The first-order valence-electron chi connectivity index (χ1n) is 6.70. The Morgan fingerprint density at radius 3 is 2.05 bits per heavy atom. The summed E-state index contributed by atoms with van der Waals surface area (Å²) >= 11 is 0. The summed E-state index contributed by atoms with van der Waals surface area (Å²) in [5.74, 6) is -2.07. The quantitative estimate of drug-likeness (QED) is 0.242. The van der Waals surface area contributed by atoms with Gasteiger partial charge in [0.15, 0.2) is 0 Å². The lowest BCUT2D eigenvalue weighted by Gasteiger charge is -2.13. The van der Waals surface area contributed by atoms with E-state index in [9.17, 15) is 14.7 Å². The molecule has 0 saturated heterocycles. The van der Waals surface area contributed by atoms with Crippen LogP contribution in [0.3, 0.4) is 0 Å². The van der Waals surface area contributed by atoms with E-state index in [0.29, 0.717) is 32.4 Å². The molecule has 0 fully saturated rings. The van der Waals surface area contributed by atoms with E-state index in [1.165, 1.54) is 0 Å². The van der Waals surface area contributed by atoms with Crippen LogP contribution in [0.5, 0.6) is 0 Å². The van der Waals surface area contributed by atoms with Crippen LogP contribution in [0, 0.1) is 0 Å². The summed E-state index contributed by atoms with van der Waals surface area (Å²) in [6.07, 6.45) is 1.80. The van der Waals surface area contributed by atoms with Gasteiger partial charge in [-0.1, -0.05) is 6.42 Å². The number of carboxylic acids is 2. The van der Waals surface area contributed by atoms with E-state index in [1.54, 1.807) is 0 Å². The molecule has 0 aromatic rings. The van der Waals surface area contributed by atoms with Crippen molar-refractivity contribution < 1.29 is 24.9 Å². The maximum absolute atomic E-state index is 10.5. The zero-order valence-electron chi connectivity index (χ0n) is 11.5. The molecule has 8 N–H and O–H groups in total. The summed E-state index contributed by atoms with van der Waals surface area (Å²) in [4.78, 5) is 20.9. The first-order chi connectivity index (χ1) is 9.34. The molecule has 0 aromatic carbocycles. The summed E-state index contributed by atoms with van der Waals surface area (Å²) in [5.41, 5.74) is 10.7. The first kappa shape index (κ1) is 18.8. The number of rotatable bonds is 12. The van der Waals surface area contributed by atoms with Gasteiger partial charge in [0.05, 0.1) is 6.10 Å². The van der Waals surface area contributed by atoms with Crippen molar-refractivity contribution in [3.63, 3.8) is 0 Å². The van der Waals surface area contributed by atoms with Gasteiger partial charge in [0.2, 0.25) is 0 Å². The first-order valence-corrected chi connectivity index (χ1v) is 6.70. The molecule has 0 spiro atoms. The third-order valence-electron chi connectivity index (χ3n) is 2.94. The number of nitrogens with one attached hydrogen (secondary N) is 1. The molecule has 2 unspecified atom stereocenters. The Balaban J connectivity index is 3.46. The van der Waals surface area contributed by atoms with Crippen LogP contribution < -0.4 is 16.8 Å². The minimum Gasteiger partial charge on any atom is -0.480 e. The van der Waals surface area contributed by atoms with Crippen LogP contribution in [0.25, 0.3) is 0 Å². The minimum atomic E-state index is -1.07. The highest BCUT2D eigenvalue weighted by Gasteiger charge is 2.14. The van der Waals surface area contributed by atoms with Gasteiger partial charge >= 0.3 is 11.9 Å². The van der Waals surface area contributed by atoms with E-state index >= 15 is 0 Å². The number of nitrogens with two attached hydrogens (primary N) is 2. The van der Waals surface area contributed by atoms with Crippen molar-refractivity contribution in [1.29, 1.82) is 0 Å². The Hall–Kier alpha value is -1.22. The SMILES string of the molecule is NC(CCCCNCC(O)CC[C@@H](N)C(=O)O)C(=O)O. The van der Waals surface area contributed by atoms with E-state index in [2.05, 4.69) is 5.32 Å². The summed E-state index contributed by atoms with van der Waals surface area (Å²) in [7, 11) is 0. The highest BCUT2D eigenvalue weighted by molar-refractivity contribution is 5.73. The molecular formula is C12H25N3O5. The van der Waals surface area contributed by atoms with Gasteiger partial charge in [-0.2, -0.15) is 0 Å². The van der Waals surface area contributed by atoms with Crippen LogP contribution in [0.15, 0.2) is 0 Å². The highest BCUT2D eigenvalue weighted by atomic mass is 16.4. The lowest BCUT2D eigenvalue weighted by atomic mass is 10.1. The van der Waals surface area contributed by atoms with Crippen molar-refractivity contribution in [3.8, 4) is 0 Å². The molecule has 0 amide bonds. The molecule has 20 heavy (non-hydrogen) atoms. The van der Waals surface area contributed by atoms with Crippen LogP contribution in [0.1, 0.15) is 32.1 Å². The van der Waals surface area contributed by atoms with Gasteiger partial charge in [0.1, 0.15) is 12.1 Å². The monoisotopic (exact) mass is 291 g/mol. The Morgan fingerprint density at radius 2 is 1.50 bits per heavy atom. The molecule has 0 radical (unpaired) electrons. The average molecular weight is 291 g/mol. The Kier molecular flexibility index (Phi) is 9.91. The Bertz CT molecular complexity index is 301. The molecule has 8 heteroatoms. The molecule has 0 heterocycles. The van der Waals surface area contributed by atoms with Crippen LogP contribution in [-0.2, 0) is 9.59 Å². The fraction of sp³-hybridized carbons (Fsp3) is 0.833. The number of aliphatic hydroxyl groups excluding tert-OH is 1. The van der Waals surface area contributed by atoms with Crippen molar-refractivity contribution in [3.05, 3.63) is 0 Å². The largest absolute Gasteiger partial charge is 0.480 e. The summed E-state index contributed by atoms with van der Waals surface area (Å²) < 4.78 is 0. The van der Waals surface area contributed by atoms with E-state index in [0.717, 1.165) is 6.42 Å². The topological polar surface area (TPSA) is 159 Å². The summed E-state index contributed by atoms with van der Waals surface area (Å²) in [6, 6.07) is -1.76. The van der Waals surface area contributed by atoms with Gasteiger partial charge in [-0.05, 0) is 32.2 Å². The summed E-state index contributed by atoms with van der Waals surface area (Å²) in [6.45, 7) is 1.01. The zero-order valence-corrected chi connectivity index (χ0v) is 11.5. The molecular weight excluding hydrogens is 266 g/mol. The lowest BCUT2D eigenvalue weighted by Crippen LogP contribution is -2.33. The summed E-state index contributed by atoms with van der Waals surface area (Å²) in [5, 5.41) is 29.8. The number of carbonyl (C=O) groups is 2. The normalized spacial score (nSPS) is 15.6. The smallest absolute Gasteiger partial charge is 0.320 e. The minimum absolute atomic E-state index is 0.228. The van der Waals surface area contributed by atoms with Crippen LogP contribution in [-0.4, -0.2) is 58.5 Å². The van der Waals surface area contributed by atoms with Gasteiger partial charge in [-0.3, -0.25) is 9.59 Å². The lowest BCUT2D eigenvalue weighted by molar-refractivity contribution is -0.139. The second kappa shape index (κ2) is 10.6. The molecule has 0 aromatic heterocycles. The molecule has 0 aliphatic rings. The van der Waals surface area contributed by atoms with E-state index < -0.39 is 30.1 Å². The molecule has 0 aliphatic carbocycles. The molecule has 118 valence electrons. The van der Waals surface area contributed by atoms with Crippen LogP contribution in [0.2, 0.25) is 0 Å². The number of aliphatic carboxylic acids is 2.